The highest BCUT2D eigenvalue weighted by Gasteiger charge is 2.40. The standard InChI is InChI=1S/C18H23NO4S/c1-11(20)19-9-15-4-5-17(24-15)16(21)10-23-18(22)8-14-7-12-2-3-13(14)6-12/h4-5,12-14H,2-3,6-10H2,1H3,(H,19,20)/t12-,13-,14-/m1/s1. The molecule has 1 N–H and O–H groups in total. The molecule has 2 fully saturated rings. The van der Waals surface area contributed by atoms with E-state index in [1.165, 1.54) is 37.5 Å². The lowest BCUT2D eigenvalue weighted by molar-refractivity contribution is -0.144. The van der Waals surface area contributed by atoms with Crippen LogP contribution in [0.1, 0.15) is 53.6 Å². The third-order valence-corrected chi connectivity index (χ3v) is 6.25. The summed E-state index contributed by atoms with van der Waals surface area (Å²) in [4.78, 5) is 36.4. The van der Waals surface area contributed by atoms with Gasteiger partial charge in [-0.15, -0.1) is 11.3 Å². The van der Waals surface area contributed by atoms with Gasteiger partial charge in [0.1, 0.15) is 0 Å². The minimum atomic E-state index is -0.254. The summed E-state index contributed by atoms with van der Waals surface area (Å²) in [5, 5.41) is 2.69. The van der Waals surface area contributed by atoms with Gasteiger partial charge >= 0.3 is 5.97 Å². The normalized spacial score (nSPS) is 24.8. The van der Waals surface area contributed by atoms with Crippen molar-refractivity contribution in [1.29, 1.82) is 0 Å². The van der Waals surface area contributed by atoms with Crippen molar-refractivity contribution in [1.82, 2.24) is 5.32 Å². The first kappa shape index (κ1) is 17.1. The maximum absolute atomic E-state index is 12.1. The van der Waals surface area contributed by atoms with Crippen molar-refractivity contribution in [2.75, 3.05) is 6.61 Å². The summed E-state index contributed by atoms with van der Waals surface area (Å²) in [6, 6.07) is 3.53. The maximum Gasteiger partial charge on any atom is 0.306 e. The molecular weight excluding hydrogens is 326 g/mol. The molecule has 5 nitrogen and oxygen atoms in total. The Labute approximate surface area is 145 Å². The Kier molecular flexibility index (Phi) is 5.33. The molecule has 1 aromatic rings. The molecule has 3 atom stereocenters. The predicted octanol–water partition coefficient (Wildman–Crippen LogP) is 2.94. The third-order valence-electron chi connectivity index (χ3n) is 5.13. The van der Waals surface area contributed by atoms with E-state index >= 15 is 0 Å². The summed E-state index contributed by atoms with van der Waals surface area (Å²) in [5.41, 5.74) is 0. The number of ether oxygens (including phenoxy) is 1. The molecule has 2 aliphatic carbocycles. The van der Waals surface area contributed by atoms with Crippen LogP contribution < -0.4 is 5.32 Å². The van der Waals surface area contributed by atoms with Crippen molar-refractivity contribution in [3.05, 3.63) is 21.9 Å². The van der Waals surface area contributed by atoms with Gasteiger partial charge in [-0.1, -0.05) is 6.42 Å². The molecule has 0 aliphatic heterocycles. The van der Waals surface area contributed by atoms with Crippen LogP contribution in [0.2, 0.25) is 0 Å². The lowest BCUT2D eigenvalue weighted by Gasteiger charge is -2.20. The molecule has 2 bridgehead atoms. The van der Waals surface area contributed by atoms with Crippen LogP contribution in [0.4, 0.5) is 0 Å². The molecule has 1 aromatic heterocycles. The molecule has 0 aromatic carbocycles. The Morgan fingerprint density at radius 1 is 1.25 bits per heavy atom. The second kappa shape index (κ2) is 7.47. The fourth-order valence-electron chi connectivity index (χ4n) is 3.95. The van der Waals surface area contributed by atoms with Gasteiger partial charge < -0.3 is 10.1 Å². The van der Waals surface area contributed by atoms with Gasteiger partial charge in [0.25, 0.3) is 0 Å². The zero-order valence-electron chi connectivity index (χ0n) is 13.9. The molecular formula is C18H23NO4S. The number of carbonyl (C=O) groups is 3. The Balaban J connectivity index is 1.41. The first-order valence-electron chi connectivity index (χ1n) is 8.53. The first-order valence-corrected chi connectivity index (χ1v) is 9.35. The molecule has 0 radical (unpaired) electrons. The largest absolute Gasteiger partial charge is 0.457 e. The van der Waals surface area contributed by atoms with Crippen molar-refractivity contribution < 1.29 is 19.1 Å². The van der Waals surface area contributed by atoms with Crippen LogP contribution in [0.25, 0.3) is 0 Å². The fraction of sp³-hybridized carbons (Fsp3) is 0.611. The van der Waals surface area contributed by atoms with E-state index in [1.54, 1.807) is 6.07 Å². The number of rotatable bonds is 7. The van der Waals surface area contributed by atoms with Gasteiger partial charge in [-0.05, 0) is 49.1 Å². The fourth-order valence-corrected chi connectivity index (χ4v) is 4.82. The van der Waals surface area contributed by atoms with Crippen molar-refractivity contribution in [3.8, 4) is 0 Å². The minimum Gasteiger partial charge on any atom is -0.457 e. The highest BCUT2D eigenvalue weighted by Crippen LogP contribution is 2.49. The maximum atomic E-state index is 12.1. The first-order chi connectivity index (χ1) is 11.5. The molecule has 24 heavy (non-hydrogen) atoms. The van der Waals surface area contributed by atoms with Crippen LogP contribution in [-0.2, 0) is 20.9 Å². The molecule has 2 aliphatic rings. The molecule has 6 heteroatoms. The van der Waals surface area contributed by atoms with Gasteiger partial charge in [0, 0.05) is 18.2 Å². The number of hydrogen-bond acceptors (Lipinski definition) is 5. The van der Waals surface area contributed by atoms with E-state index in [0.29, 0.717) is 29.7 Å². The van der Waals surface area contributed by atoms with E-state index in [2.05, 4.69) is 5.32 Å². The Bertz CT molecular complexity index is 639. The highest BCUT2D eigenvalue weighted by atomic mass is 32.1. The summed E-state index contributed by atoms with van der Waals surface area (Å²) in [7, 11) is 0. The third kappa shape index (κ3) is 4.23. The molecule has 0 spiro atoms. The zero-order chi connectivity index (χ0) is 17.1. The number of carbonyl (C=O) groups excluding carboxylic acids is 3. The number of esters is 1. The highest BCUT2D eigenvalue weighted by molar-refractivity contribution is 7.14. The van der Waals surface area contributed by atoms with Gasteiger partial charge in [-0.2, -0.15) is 0 Å². The molecule has 1 heterocycles. The molecule has 0 saturated heterocycles. The topological polar surface area (TPSA) is 72.5 Å². The number of amides is 1. The van der Waals surface area contributed by atoms with Gasteiger partial charge in [0.05, 0.1) is 11.4 Å². The minimum absolute atomic E-state index is 0.106. The second-order valence-corrected chi connectivity index (χ2v) is 8.07. The van der Waals surface area contributed by atoms with Crippen molar-refractivity contribution in [3.63, 3.8) is 0 Å². The molecule has 1 amide bonds. The zero-order valence-corrected chi connectivity index (χ0v) is 14.7. The number of thiophene rings is 1. The second-order valence-electron chi connectivity index (χ2n) is 6.90. The van der Waals surface area contributed by atoms with E-state index in [1.807, 2.05) is 6.07 Å². The monoisotopic (exact) mass is 349 g/mol. The summed E-state index contributed by atoms with van der Waals surface area (Å²) in [6.07, 6.45) is 5.42. The van der Waals surface area contributed by atoms with Crippen molar-refractivity contribution >= 4 is 29.0 Å². The van der Waals surface area contributed by atoms with Gasteiger partial charge in [-0.3, -0.25) is 14.4 Å². The van der Waals surface area contributed by atoms with E-state index in [9.17, 15) is 14.4 Å². The van der Waals surface area contributed by atoms with Crippen LogP contribution in [-0.4, -0.2) is 24.3 Å². The van der Waals surface area contributed by atoms with E-state index < -0.39 is 0 Å². The van der Waals surface area contributed by atoms with Gasteiger partial charge in [0.15, 0.2) is 6.61 Å². The van der Waals surface area contributed by atoms with Crippen LogP contribution in [0, 0.1) is 17.8 Å². The Hall–Kier alpha value is -1.69. The summed E-state index contributed by atoms with van der Waals surface area (Å²) in [6.45, 7) is 1.67. The lowest BCUT2D eigenvalue weighted by atomic mass is 9.86. The SMILES string of the molecule is CC(=O)NCc1ccc(C(=O)COC(=O)C[C@H]2C[C@@H]3CC[C@@H]2C3)s1. The molecule has 130 valence electrons. The number of hydrogen-bond donors (Lipinski definition) is 1. The Morgan fingerprint density at radius 2 is 2.08 bits per heavy atom. The van der Waals surface area contributed by atoms with Crippen LogP contribution in [0.5, 0.6) is 0 Å². The molecule has 0 unspecified atom stereocenters. The number of fused-ring (bicyclic) bond motifs is 2. The van der Waals surface area contributed by atoms with Crippen LogP contribution in [0.3, 0.4) is 0 Å². The van der Waals surface area contributed by atoms with Gasteiger partial charge in [0.2, 0.25) is 11.7 Å². The quantitative estimate of drug-likeness (QED) is 0.607. The number of nitrogens with one attached hydrogen (secondary N) is 1. The average Bonchev–Trinajstić information content (AvgIpc) is 3.26. The summed E-state index contributed by atoms with van der Waals surface area (Å²) >= 11 is 1.32. The van der Waals surface area contributed by atoms with Crippen molar-refractivity contribution in [2.45, 2.75) is 45.6 Å². The van der Waals surface area contributed by atoms with E-state index in [0.717, 1.165) is 17.2 Å². The van der Waals surface area contributed by atoms with Crippen LogP contribution in [0.15, 0.2) is 12.1 Å². The molecule has 2 saturated carbocycles. The van der Waals surface area contributed by atoms with Crippen molar-refractivity contribution in [2.24, 2.45) is 17.8 Å². The lowest BCUT2D eigenvalue weighted by Crippen LogP contribution is -2.19. The number of Topliss-reactive ketones (excluding diaryl/α,β-unsaturated/α-hetero) is 1. The smallest absolute Gasteiger partial charge is 0.306 e. The Morgan fingerprint density at radius 3 is 2.75 bits per heavy atom. The van der Waals surface area contributed by atoms with Gasteiger partial charge in [-0.25, -0.2) is 0 Å². The van der Waals surface area contributed by atoms with E-state index in [-0.39, 0.29) is 24.3 Å². The summed E-state index contributed by atoms with van der Waals surface area (Å²) in [5.74, 6) is 1.41. The predicted molar refractivity (Wildman–Crippen MR) is 90.7 cm³/mol. The summed E-state index contributed by atoms with van der Waals surface area (Å²) < 4.78 is 5.18. The van der Waals surface area contributed by atoms with E-state index in [4.69, 9.17) is 4.74 Å². The van der Waals surface area contributed by atoms with Crippen LogP contribution >= 0.6 is 11.3 Å². The average molecular weight is 349 g/mol. The number of ketones is 1. The molecule has 3 rings (SSSR count).